The minimum absolute atomic E-state index is 0.0985. The molecule has 23 heavy (non-hydrogen) atoms. The summed E-state index contributed by atoms with van der Waals surface area (Å²) in [4.78, 5) is 27.0. The van der Waals surface area contributed by atoms with Crippen molar-refractivity contribution in [3.8, 4) is 0 Å². The van der Waals surface area contributed by atoms with E-state index in [0.29, 0.717) is 24.6 Å². The van der Waals surface area contributed by atoms with Crippen LogP contribution < -0.4 is 0 Å². The van der Waals surface area contributed by atoms with E-state index in [1.54, 1.807) is 31.2 Å². The highest BCUT2D eigenvalue weighted by Gasteiger charge is 2.51. The smallest absolute Gasteiger partial charge is 0.338 e. The number of piperidine rings is 1. The minimum atomic E-state index is -0.407. The molecule has 1 aromatic carbocycles. The van der Waals surface area contributed by atoms with Gasteiger partial charge in [-0.25, -0.2) is 4.79 Å². The zero-order valence-corrected chi connectivity index (χ0v) is 13.6. The first-order valence-corrected chi connectivity index (χ1v) is 8.26. The lowest BCUT2D eigenvalue weighted by Crippen LogP contribution is -2.53. The van der Waals surface area contributed by atoms with Crippen molar-refractivity contribution >= 4 is 11.9 Å². The summed E-state index contributed by atoms with van der Waals surface area (Å²) in [6, 6.07) is 9.39. The Kier molecular flexibility index (Phi) is 4.66. The van der Waals surface area contributed by atoms with Gasteiger partial charge in [-0.3, -0.25) is 9.69 Å². The number of nitrogens with zero attached hydrogens (tertiary/aromatic N) is 1. The predicted octanol–water partition coefficient (Wildman–Crippen LogP) is 2.26. The maximum Gasteiger partial charge on any atom is 0.338 e. The Balaban J connectivity index is 1.78. The molecule has 124 valence electrons. The number of hydrogen-bond acceptors (Lipinski definition) is 5. The number of carbonyl (C=O) groups excluding carboxylic acids is 2. The molecule has 2 aliphatic heterocycles. The topological polar surface area (TPSA) is 55.8 Å². The first-order valence-electron chi connectivity index (χ1n) is 8.26. The average Bonchev–Trinajstić information content (AvgIpc) is 2.80. The van der Waals surface area contributed by atoms with Crippen molar-refractivity contribution < 1.29 is 19.1 Å². The average molecular weight is 317 g/mol. The second-order valence-electron chi connectivity index (χ2n) is 6.29. The Labute approximate surface area is 136 Å². The van der Waals surface area contributed by atoms with Crippen LogP contribution in [0.15, 0.2) is 30.3 Å². The molecule has 2 saturated heterocycles. The Morgan fingerprint density at radius 1 is 1.22 bits per heavy atom. The summed E-state index contributed by atoms with van der Waals surface area (Å²) in [6.45, 7) is 2.14. The zero-order chi connectivity index (χ0) is 16.4. The zero-order valence-electron chi connectivity index (χ0n) is 13.6. The monoisotopic (exact) mass is 317 g/mol. The van der Waals surface area contributed by atoms with E-state index in [2.05, 4.69) is 4.90 Å². The van der Waals surface area contributed by atoms with Gasteiger partial charge < -0.3 is 9.47 Å². The van der Waals surface area contributed by atoms with Crippen molar-refractivity contribution in [1.82, 2.24) is 4.90 Å². The molecule has 2 unspecified atom stereocenters. The molecule has 5 nitrogen and oxygen atoms in total. The highest BCUT2D eigenvalue weighted by molar-refractivity contribution is 5.89. The fraction of sp³-hybridized carbons (Fsp3) is 0.556. The summed E-state index contributed by atoms with van der Waals surface area (Å²) in [6.07, 6.45) is 2.27. The highest BCUT2D eigenvalue weighted by atomic mass is 16.6. The number of esters is 2. The third kappa shape index (κ3) is 3.11. The molecule has 2 heterocycles. The van der Waals surface area contributed by atoms with Crippen LogP contribution in [0.5, 0.6) is 0 Å². The highest BCUT2D eigenvalue weighted by Crippen LogP contribution is 2.40. The SMILES string of the molecule is CCOC(=O)[C@@H]1C2CCC(C[C@@H]1OC(=O)c1ccccc1)N2C. The van der Waals surface area contributed by atoms with Gasteiger partial charge >= 0.3 is 11.9 Å². The molecule has 0 radical (unpaired) electrons. The van der Waals surface area contributed by atoms with Crippen molar-refractivity contribution in [3.63, 3.8) is 0 Å². The number of rotatable bonds is 4. The fourth-order valence-corrected chi connectivity index (χ4v) is 3.87. The van der Waals surface area contributed by atoms with E-state index >= 15 is 0 Å². The third-order valence-electron chi connectivity index (χ3n) is 5.04. The second kappa shape index (κ2) is 6.71. The fourth-order valence-electron chi connectivity index (χ4n) is 3.87. The number of carbonyl (C=O) groups is 2. The summed E-state index contributed by atoms with van der Waals surface area (Å²) in [5.74, 6) is -1.02. The number of ether oxygens (including phenoxy) is 2. The van der Waals surface area contributed by atoms with E-state index in [9.17, 15) is 9.59 Å². The molecular weight excluding hydrogens is 294 g/mol. The molecule has 2 bridgehead atoms. The van der Waals surface area contributed by atoms with Crippen molar-refractivity contribution in [2.45, 2.75) is 44.4 Å². The quantitative estimate of drug-likeness (QED) is 0.797. The standard InChI is InChI=1S/C18H23NO4/c1-3-22-18(21)16-14-10-9-13(19(14)2)11-15(16)23-17(20)12-7-5-4-6-8-12/h4-8,13-16H,3,9-11H2,1-2H3/t13?,14?,15-,16+/m0/s1. The Morgan fingerprint density at radius 2 is 1.96 bits per heavy atom. The van der Waals surface area contributed by atoms with Gasteiger partial charge in [0, 0.05) is 18.5 Å². The number of fused-ring (bicyclic) bond motifs is 2. The van der Waals surface area contributed by atoms with Gasteiger partial charge in [-0.1, -0.05) is 18.2 Å². The number of benzene rings is 1. The van der Waals surface area contributed by atoms with Gasteiger partial charge in [-0.05, 0) is 38.9 Å². The Hall–Kier alpha value is -1.88. The van der Waals surface area contributed by atoms with Crippen LogP contribution in [0.4, 0.5) is 0 Å². The van der Waals surface area contributed by atoms with Crippen molar-refractivity contribution in [2.24, 2.45) is 5.92 Å². The third-order valence-corrected chi connectivity index (χ3v) is 5.04. The Bertz CT molecular complexity index is 574. The van der Waals surface area contributed by atoms with Crippen LogP contribution in [0.3, 0.4) is 0 Å². The maximum absolute atomic E-state index is 12.4. The molecular formula is C18H23NO4. The van der Waals surface area contributed by atoms with E-state index in [1.807, 2.05) is 13.1 Å². The first-order chi connectivity index (χ1) is 11.1. The summed E-state index contributed by atoms with van der Waals surface area (Å²) in [5, 5.41) is 0. The van der Waals surface area contributed by atoms with E-state index in [0.717, 1.165) is 12.8 Å². The van der Waals surface area contributed by atoms with Crippen LogP contribution in [-0.2, 0) is 14.3 Å². The van der Waals surface area contributed by atoms with Crippen molar-refractivity contribution in [1.29, 1.82) is 0 Å². The van der Waals surface area contributed by atoms with Crippen molar-refractivity contribution in [2.75, 3.05) is 13.7 Å². The molecule has 0 aromatic heterocycles. The van der Waals surface area contributed by atoms with E-state index in [1.165, 1.54) is 0 Å². The molecule has 0 saturated carbocycles. The lowest BCUT2D eigenvalue weighted by molar-refractivity contribution is -0.158. The van der Waals surface area contributed by atoms with Crippen LogP contribution in [0.25, 0.3) is 0 Å². The lowest BCUT2D eigenvalue weighted by atomic mass is 9.87. The van der Waals surface area contributed by atoms with E-state index < -0.39 is 12.0 Å². The summed E-state index contributed by atoms with van der Waals surface area (Å²) in [5.41, 5.74) is 0.515. The lowest BCUT2D eigenvalue weighted by Gasteiger charge is -2.40. The molecule has 0 spiro atoms. The van der Waals surface area contributed by atoms with Gasteiger partial charge in [0.2, 0.25) is 0 Å². The van der Waals surface area contributed by atoms with Gasteiger partial charge in [0.05, 0.1) is 12.2 Å². The van der Waals surface area contributed by atoms with Crippen molar-refractivity contribution in [3.05, 3.63) is 35.9 Å². The van der Waals surface area contributed by atoms with Crippen LogP contribution in [0, 0.1) is 5.92 Å². The maximum atomic E-state index is 12.4. The minimum Gasteiger partial charge on any atom is -0.466 e. The first kappa shape index (κ1) is 16.0. The molecule has 3 rings (SSSR count). The molecule has 0 amide bonds. The van der Waals surface area contributed by atoms with Crippen LogP contribution >= 0.6 is 0 Å². The van der Waals surface area contributed by atoms with E-state index in [4.69, 9.17) is 9.47 Å². The van der Waals surface area contributed by atoms with Gasteiger partial charge in [0.25, 0.3) is 0 Å². The molecule has 0 N–H and O–H groups in total. The Morgan fingerprint density at radius 3 is 2.65 bits per heavy atom. The molecule has 1 aromatic rings. The predicted molar refractivity (Wildman–Crippen MR) is 85.0 cm³/mol. The molecule has 2 aliphatic rings. The van der Waals surface area contributed by atoms with Gasteiger partial charge in [-0.15, -0.1) is 0 Å². The van der Waals surface area contributed by atoms with Crippen LogP contribution in [0.2, 0.25) is 0 Å². The summed E-state index contributed by atoms with van der Waals surface area (Å²) >= 11 is 0. The van der Waals surface area contributed by atoms with Gasteiger partial charge in [-0.2, -0.15) is 0 Å². The van der Waals surface area contributed by atoms with Crippen LogP contribution in [0.1, 0.15) is 36.5 Å². The van der Waals surface area contributed by atoms with Crippen LogP contribution in [-0.4, -0.2) is 48.7 Å². The second-order valence-corrected chi connectivity index (χ2v) is 6.29. The van der Waals surface area contributed by atoms with Gasteiger partial charge in [0.15, 0.2) is 0 Å². The molecule has 0 aliphatic carbocycles. The number of hydrogen-bond donors (Lipinski definition) is 0. The normalized spacial score (nSPS) is 30.0. The van der Waals surface area contributed by atoms with Gasteiger partial charge in [0.1, 0.15) is 12.0 Å². The molecule has 5 heteroatoms. The molecule has 4 atom stereocenters. The summed E-state index contributed by atoms with van der Waals surface area (Å²) in [7, 11) is 2.05. The summed E-state index contributed by atoms with van der Waals surface area (Å²) < 4.78 is 11.0. The van der Waals surface area contributed by atoms with E-state index in [-0.39, 0.29) is 18.0 Å². The largest absolute Gasteiger partial charge is 0.466 e. The molecule has 2 fully saturated rings.